The molecule has 1 atom stereocenters. The monoisotopic (exact) mass is 410 g/mol. The van der Waals surface area contributed by atoms with Gasteiger partial charge in [0.2, 0.25) is 0 Å². The Bertz CT molecular complexity index is 968. The fourth-order valence-corrected chi connectivity index (χ4v) is 4.51. The molecule has 0 saturated carbocycles. The maximum Gasteiger partial charge on any atom is 0.323 e. The SMILES string of the molecule is O=C(Nc1cccc(Cl)c1)N1CCS[C@@H]1c1cccc(Oc2ccccc2)c1. The second kappa shape index (κ2) is 8.59. The molecule has 3 aromatic carbocycles. The van der Waals surface area contributed by atoms with Gasteiger partial charge in [-0.25, -0.2) is 4.79 Å². The van der Waals surface area contributed by atoms with Crippen molar-refractivity contribution in [3.8, 4) is 11.5 Å². The first kappa shape index (κ1) is 18.7. The number of carbonyl (C=O) groups excluding carboxylic acids is 1. The molecule has 1 N–H and O–H groups in total. The van der Waals surface area contributed by atoms with E-state index in [4.69, 9.17) is 16.3 Å². The summed E-state index contributed by atoms with van der Waals surface area (Å²) in [6.07, 6.45) is 0. The molecule has 1 aliphatic rings. The van der Waals surface area contributed by atoms with E-state index in [1.165, 1.54) is 0 Å². The fourth-order valence-electron chi connectivity index (χ4n) is 3.07. The van der Waals surface area contributed by atoms with Crippen molar-refractivity contribution in [3.05, 3.63) is 89.4 Å². The summed E-state index contributed by atoms with van der Waals surface area (Å²) in [6, 6.07) is 24.6. The molecular formula is C22H19ClN2O2S. The molecule has 0 spiro atoms. The number of hydrogen-bond donors (Lipinski definition) is 1. The van der Waals surface area contributed by atoms with E-state index in [1.54, 1.807) is 23.9 Å². The third-order valence-electron chi connectivity index (χ3n) is 4.35. The molecule has 1 saturated heterocycles. The Morgan fingerprint density at radius 2 is 1.79 bits per heavy atom. The highest BCUT2D eigenvalue weighted by molar-refractivity contribution is 7.99. The van der Waals surface area contributed by atoms with E-state index >= 15 is 0 Å². The molecule has 0 bridgehead atoms. The van der Waals surface area contributed by atoms with Crippen LogP contribution in [0.15, 0.2) is 78.9 Å². The lowest BCUT2D eigenvalue weighted by Gasteiger charge is -2.24. The van der Waals surface area contributed by atoms with Crippen LogP contribution < -0.4 is 10.1 Å². The fraction of sp³-hybridized carbons (Fsp3) is 0.136. The van der Waals surface area contributed by atoms with Gasteiger partial charge in [0.05, 0.1) is 0 Å². The first-order valence-corrected chi connectivity index (χ1v) is 10.4. The number of thioether (sulfide) groups is 1. The first-order valence-electron chi connectivity index (χ1n) is 8.97. The number of amides is 2. The number of nitrogens with zero attached hydrogens (tertiary/aromatic N) is 1. The third-order valence-corrected chi connectivity index (χ3v) is 5.85. The van der Waals surface area contributed by atoms with Crippen LogP contribution in [0.3, 0.4) is 0 Å². The van der Waals surface area contributed by atoms with E-state index in [0.29, 0.717) is 17.3 Å². The van der Waals surface area contributed by atoms with Gasteiger partial charge in [-0.2, -0.15) is 0 Å². The quantitative estimate of drug-likeness (QED) is 0.540. The van der Waals surface area contributed by atoms with E-state index in [-0.39, 0.29) is 11.4 Å². The summed E-state index contributed by atoms with van der Waals surface area (Å²) >= 11 is 7.76. The van der Waals surface area contributed by atoms with Crippen LogP contribution >= 0.6 is 23.4 Å². The molecule has 1 fully saturated rings. The maximum atomic E-state index is 12.8. The van der Waals surface area contributed by atoms with Crippen LogP contribution in [-0.2, 0) is 0 Å². The summed E-state index contributed by atoms with van der Waals surface area (Å²) in [4.78, 5) is 14.7. The zero-order valence-electron chi connectivity index (χ0n) is 15.0. The molecule has 28 heavy (non-hydrogen) atoms. The van der Waals surface area contributed by atoms with E-state index in [1.807, 2.05) is 71.6 Å². The smallest absolute Gasteiger partial charge is 0.323 e. The number of nitrogens with one attached hydrogen (secondary N) is 1. The highest BCUT2D eigenvalue weighted by atomic mass is 35.5. The largest absolute Gasteiger partial charge is 0.457 e. The number of hydrogen-bond acceptors (Lipinski definition) is 3. The van der Waals surface area contributed by atoms with Crippen molar-refractivity contribution >= 4 is 35.1 Å². The van der Waals surface area contributed by atoms with Gasteiger partial charge in [0.25, 0.3) is 0 Å². The molecule has 4 rings (SSSR count). The summed E-state index contributed by atoms with van der Waals surface area (Å²) in [5.74, 6) is 2.43. The molecular weight excluding hydrogens is 392 g/mol. The molecule has 0 aromatic heterocycles. The Kier molecular flexibility index (Phi) is 5.74. The standard InChI is InChI=1S/C22H19ClN2O2S/c23-17-7-5-8-18(15-17)24-22(26)25-12-13-28-21(25)16-6-4-11-20(14-16)27-19-9-2-1-3-10-19/h1-11,14-15,21H,12-13H2,(H,24,26)/t21-/m1/s1. The van der Waals surface area contributed by atoms with Crippen molar-refractivity contribution < 1.29 is 9.53 Å². The van der Waals surface area contributed by atoms with Crippen molar-refractivity contribution in [2.45, 2.75) is 5.37 Å². The van der Waals surface area contributed by atoms with Crippen LogP contribution in [0.5, 0.6) is 11.5 Å². The molecule has 1 heterocycles. The lowest BCUT2D eigenvalue weighted by molar-refractivity contribution is 0.214. The minimum atomic E-state index is -0.133. The number of rotatable bonds is 4. The van der Waals surface area contributed by atoms with E-state index in [9.17, 15) is 4.79 Å². The van der Waals surface area contributed by atoms with Crippen LogP contribution in [0.4, 0.5) is 10.5 Å². The number of para-hydroxylation sites is 1. The second-order valence-electron chi connectivity index (χ2n) is 6.34. The molecule has 142 valence electrons. The minimum Gasteiger partial charge on any atom is -0.457 e. The van der Waals surface area contributed by atoms with E-state index in [0.717, 1.165) is 22.8 Å². The van der Waals surface area contributed by atoms with Gasteiger partial charge < -0.3 is 15.0 Å². The van der Waals surface area contributed by atoms with Gasteiger partial charge in [-0.15, -0.1) is 11.8 Å². The maximum absolute atomic E-state index is 12.8. The van der Waals surface area contributed by atoms with Crippen molar-refractivity contribution in [2.75, 3.05) is 17.6 Å². The molecule has 0 radical (unpaired) electrons. The zero-order valence-corrected chi connectivity index (χ0v) is 16.6. The van der Waals surface area contributed by atoms with Crippen molar-refractivity contribution in [2.24, 2.45) is 0 Å². The predicted octanol–water partition coefficient (Wildman–Crippen LogP) is 6.41. The van der Waals surface area contributed by atoms with E-state index in [2.05, 4.69) is 5.32 Å². The number of carbonyl (C=O) groups is 1. The Hall–Kier alpha value is -2.63. The third kappa shape index (κ3) is 4.43. The summed E-state index contributed by atoms with van der Waals surface area (Å²) in [5.41, 5.74) is 1.73. The topological polar surface area (TPSA) is 41.6 Å². The van der Waals surface area contributed by atoms with Crippen LogP contribution in [-0.4, -0.2) is 23.2 Å². The minimum absolute atomic E-state index is 0.0569. The summed E-state index contributed by atoms with van der Waals surface area (Å²) in [5, 5.41) is 3.47. The Labute approximate surface area is 173 Å². The van der Waals surface area contributed by atoms with Gasteiger partial charge in [0.1, 0.15) is 16.9 Å². The molecule has 2 amide bonds. The molecule has 6 heteroatoms. The average molecular weight is 411 g/mol. The summed E-state index contributed by atoms with van der Waals surface area (Å²) < 4.78 is 5.94. The molecule has 0 aliphatic carbocycles. The molecule has 4 nitrogen and oxygen atoms in total. The van der Waals surface area contributed by atoms with Gasteiger partial charge in [0, 0.05) is 23.0 Å². The number of benzene rings is 3. The normalized spacial score (nSPS) is 16.0. The lowest BCUT2D eigenvalue weighted by Crippen LogP contribution is -2.34. The van der Waals surface area contributed by atoms with Crippen LogP contribution in [0.25, 0.3) is 0 Å². The first-order chi connectivity index (χ1) is 13.7. The zero-order chi connectivity index (χ0) is 19.3. The summed E-state index contributed by atoms with van der Waals surface area (Å²) in [7, 11) is 0. The number of halogens is 1. The van der Waals surface area contributed by atoms with Gasteiger partial charge in [-0.1, -0.05) is 48.0 Å². The second-order valence-corrected chi connectivity index (χ2v) is 7.97. The lowest BCUT2D eigenvalue weighted by atomic mass is 10.2. The molecule has 1 aliphatic heterocycles. The van der Waals surface area contributed by atoms with Crippen LogP contribution in [0.2, 0.25) is 5.02 Å². The Balaban J connectivity index is 1.50. The highest BCUT2D eigenvalue weighted by Gasteiger charge is 2.31. The molecule has 0 unspecified atom stereocenters. The summed E-state index contributed by atoms with van der Waals surface area (Å²) in [6.45, 7) is 0.686. The van der Waals surface area contributed by atoms with Gasteiger partial charge in [-0.3, -0.25) is 0 Å². The van der Waals surface area contributed by atoms with Gasteiger partial charge in [-0.05, 0) is 48.0 Å². The Morgan fingerprint density at radius 3 is 2.61 bits per heavy atom. The Morgan fingerprint density at radius 1 is 1.00 bits per heavy atom. The van der Waals surface area contributed by atoms with Crippen LogP contribution in [0.1, 0.15) is 10.9 Å². The predicted molar refractivity (Wildman–Crippen MR) is 115 cm³/mol. The highest BCUT2D eigenvalue weighted by Crippen LogP contribution is 2.39. The van der Waals surface area contributed by atoms with Crippen LogP contribution in [0, 0.1) is 0 Å². The number of anilines is 1. The van der Waals surface area contributed by atoms with E-state index < -0.39 is 0 Å². The van der Waals surface area contributed by atoms with Crippen molar-refractivity contribution in [3.63, 3.8) is 0 Å². The van der Waals surface area contributed by atoms with Gasteiger partial charge >= 0.3 is 6.03 Å². The van der Waals surface area contributed by atoms with Gasteiger partial charge in [0.15, 0.2) is 0 Å². The average Bonchev–Trinajstić information content (AvgIpc) is 3.19. The van der Waals surface area contributed by atoms with Crippen molar-refractivity contribution in [1.82, 2.24) is 4.90 Å². The number of ether oxygens (including phenoxy) is 1. The molecule has 3 aromatic rings. The van der Waals surface area contributed by atoms with Crippen molar-refractivity contribution in [1.29, 1.82) is 0 Å². The number of urea groups is 1.